The number of urea groups is 1. The minimum Gasteiger partial charge on any atom is -0.367 e. The van der Waals surface area contributed by atoms with Crippen LogP contribution in [0, 0.1) is 5.92 Å². The minimum atomic E-state index is -0.838. The van der Waals surface area contributed by atoms with Gasteiger partial charge in [0.05, 0.1) is 0 Å². The number of amides is 4. The zero-order valence-electron chi connectivity index (χ0n) is 17.3. The van der Waals surface area contributed by atoms with Crippen LogP contribution in [0.15, 0.2) is 48.5 Å². The van der Waals surface area contributed by atoms with Crippen molar-refractivity contribution in [3.05, 3.63) is 59.7 Å². The molecule has 0 unspecified atom stereocenters. The van der Waals surface area contributed by atoms with Crippen molar-refractivity contribution in [3.8, 4) is 0 Å². The highest BCUT2D eigenvalue weighted by molar-refractivity contribution is 6.07. The summed E-state index contributed by atoms with van der Waals surface area (Å²) in [6, 6.07) is 16.0. The van der Waals surface area contributed by atoms with Crippen LogP contribution in [0.1, 0.15) is 36.8 Å². The van der Waals surface area contributed by atoms with E-state index in [9.17, 15) is 14.4 Å². The summed E-state index contributed by atoms with van der Waals surface area (Å²) in [7, 11) is 0. The number of nitrogens with one attached hydrogen (secondary N) is 3. The minimum absolute atomic E-state index is 0.0196. The van der Waals surface area contributed by atoms with E-state index in [1.807, 2.05) is 18.2 Å². The Morgan fingerprint density at radius 2 is 1.81 bits per heavy atom. The van der Waals surface area contributed by atoms with Gasteiger partial charge < -0.3 is 15.5 Å². The number of para-hydroxylation sites is 2. The third-order valence-corrected chi connectivity index (χ3v) is 6.84. The Morgan fingerprint density at radius 3 is 2.58 bits per heavy atom. The number of carbonyl (C=O) groups excluding carboxylic acids is 3. The first-order valence-corrected chi connectivity index (χ1v) is 10.9. The van der Waals surface area contributed by atoms with Crippen LogP contribution in [-0.2, 0) is 22.6 Å². The van der Waals surface area contributed by atoms with Crippen LogP contribution < -0.4 is 20.9 Å². The molecular formula is C24H26N4O3. The smallest absolute Gasteiger partial charge is 0.322 e. The van der Waals surface area contributed by atoms with Crippen molar-refractivity contribution in [2.75, 3.05) is 16.8 Å². The first-order valence-electron chi connectivity index (χ1n) is 10.9. The van der Waals surface area contributed by atoms with Gasteiger partial charge in [0.25, 0.3) is 5.91 Å². The number of carbonyl (C=O) groups is 3. The van der Waals surface area contributed by atoms with E-state index in [0.29, 0.717) is 25.7 Å². The van der Waals surface area contributed by atoms with Crippen LogP contribution in [0.3, 0.4) is 0 Å². The number of benzene rings is 2. The van der Waals surface area contributed by atoms with Gasteiger partial charge in [0.15, 0.2) is 0 Å². The van der Waals surface area contributed by atoms with E-state index < -0.39 is 11.6 Å². The molecule has 1 saturated carbocycles. The van der Waals surface area contributed by atoms with Crippen molar-refractivity contribution in [1.82, 2.24) is 10.6 Å². The molecule has 7 nitrogen and oxygen atoms in total. The van der Waals surface area contributed by atoms with Gasteiger partial charge >= 0.3 is 6.03 Å². The van der Waals surface area contributed by atoms with Crippen LogP contribution >= 0.6 is 0 Å². The summed E-state index contributed by atoms with van der Waals surface area (Å²) in [5.41, 5.74) is 3.71. The summed E-state index contributed by atoms with van der Waals surface area (Å²) in [4.78, 5) is 39.0. The van der Waals surface area contributed by atoms with E-state index >= 15 is 0 Å². The van der Waals surface area contributed by atoms with Crippen molar-refractivity contribution < 1.29 is 14.4 Å². The number of rotatable bonds is 4. The number of fused-ring (bicyclic) bond motifs is 1. The lowest BCUT2D eigenvalue weighted by Gasteiger charge is -2.34. The highest BCUT2D eigenvalue weighted by atomic mass is 16.2. The molecular weight excluding hydrogens is 392 g/mol. The van der Waals surface area contributed by atoms with Crippen LogP contribution in [-0.4, -0.2) is 29.9 Å². The molecule has 2 aromatic carbocycles. The molecule has 1 saturated heterocycles. The van der Waals surface area contributed by atoms with Gasteiger partial charge in [-0.15, -0.1) is 0 Å². The molecule has 5 rings (SSSR count). The maximum atomic E-state index is 13.0. The molecule has 7 heteroatoms. The zero-order valence-corrected chi connectivity index (χ0v) is 17.3. The number of nitrogens with zero attached hydrogens (tertiary/aromatic N) is 1. The molecule has 3 aliphatic rings. The molecule has 31 heavy (non-hydrogen) atoms. The predicted molar refractivity (Wildman–Crippen MR) is 118 cm³/mol. The van der Waals surface area contributed by atoms with Gasteiger partial charge in [0, 0.05) is 30.4 Å². The Kier molecular flexibility index (Phi) is 4.88. The molecule has 0 atom stereocenters. The monoisotopic (exact) mass is 418 g/mol. The molecule has 4 amide bonds. The van der Waals surface area contributed by atoms with Crippen LogP contribution in [0.25, 0.3) is 0 Å². The third-order valence-electron chi connectivity index (χ3n) is 6.84. The van der Waals surface area contributed by atoms with Crippen LogP contribution in [0.5, 0.6) is 0 Å². The average Bonchev–Trinajstić information content (AvgIpc) is 3.30. The van der Waals surface area contributed by atoms with E-state index in [1.165, 1.54) is 11.3 Å². The summed E-state index contributed by atoms with van der Waals surface area (Å²) in [5, 5.41) is 8.19. The highest BCUT2D eigenvalue weighted by Crippen LogP contribution is 2.35. The zero-order chi connectivity index (χ0) is 21.4. The van der Waals surface area contributed by atoms with Gasteiger partial charge in [0.1, 0.15) is 5.54 Å². The summed E-state index contributed by atoms with van der Waals surface area (Å²) >= 11 is 0. The molecule has 0 bridgehead atoms. The van der Waals surface area contributed by atoms with Gasteiger partial charge in [-0.1, -0.05) is 36.4 Å². The van der Waals surface area contributed by atoms with Crippen molar-refractivity contribution in [2.45, 2.75) is 44.2 Å². The fourth-order valence-corrected chi connectivity index (χ4v) is 5.04. The standard InChI is InChI=1S/C24H26N4O3/c29-21(17-9-12-24(13-10-17)22(30)26-23(31)27-24)25-19-7-3-1-6-18(19)15-28-14-11-16-5-2-4-8-20(16)28/h1-8,17H,9-15H2,(H,25,29)(H2,26,27,30,31). The summed E-state index contributed by atoms with van der Waals surface area (Å²) in [5.74, 6) is -0.460. The Hall–Kier alpha value is -3.35. The molecule has 0 radical (unpaired) electrons. The molecule has 0 aromatic heterocycles. The second-order valence-electron chi connectivity index (χ2n) is 8.71. The van der Waals surface area contributed by atoms with Crippen molar-refractivity contribution >= 4 is 29.2 Å². The quantitative estimate of drug-likeness (QED) is 0.666. The molecule has 2 heterocycles. The Bertz CT molecular complexity index is 1040. The van der Waals surface area contributed by atoms with E-state index in [1.54, 1.807) is 0 Å². The highest BCUT2D eigenvalue weighted by Gasteiger charge is 2.48. The molecule has 3 N–H and O–H groups in total. The molecule has 1 spiro atoms. The fraction of sp³-hybridized carbons (Fsp3) is 0.375. The lowest BCUT2D eigenvalue weighted by atomic mass is 9.76. The molecule has 1 aliphatic carbocycles. The molecule has 2 aliphatic heterocycles. The third kappa shape index (κ3) is 3.65. The summed E-state index contributed by atoms with van der Waals surface area (Å²) in [6.45, 7) is 1.72. The van der Waals surface area contributed by atoms with Crippen molar-refractivity contribution in [2.24, 2.45) is 5.92 Å². The van der Waals surface area contributed by atoms with Gasteiger partial charge in [-0.3, -0.25) is 14.9 Å². The summed E-state index contributed by atoms with van der Waals surface area (Å²) in [6.07, 6.45) is 3.14. The molecule has 2 aromatic rings. The largest absolute Gasteiger partial charge is 0.367 e. The van der Waals surface area contributed by atoms with Crippen LogP contribution in [0.4, 0.5) is 16.2 Å². The van der Waals surface area contributed by atoms with Gasteiger partial charge in [0.2, 0.25) is 5.91 Å². The Morgan fingerprint density at radius 1 is 1.06 bits per heavy atom. The van der Waals surface area contributed by atoms with E-state index in [-0.39, 0.29) is 17.7 Å². The average molecular weight is 418 g/mol. The number of hydrogen-bond donors (Lipinski definition) is 3. The normalized spacial score (nSPS) is 24.6. The first kappa shape index (κ1) is 19.6. The molecule has 2 fully saturated rings. The first-order chi connectivity index (χ1) is 15.0. The van der Waals surface area contributed by atoms with Crippen LogP contribution in [0.2, 0.25) is 0 Å². The van der Waals surface area contributed by atoms with Gasteiger partial charge in [-0.2, -0.15) is 0 Å². The van der Waals surface area contributed by atoms with E-state index in [0.717, 1.165) is 30.8 Å². The second kappa shape index (κ2) is 7.72. The SMILES string of the molecule is O=C1NC(=O)C2(CCC(C(=O)Nc3ccccc3CN3CCc4ccccc43)CC2)N1. The van der Waals surface area contributed by atoms with E-state index in [2.05, 4.69) is 51.2 Å². The Balaban J connectivity index is 1.25. The summed E-state index contributed by atoms with van der Waals surface area (Å²) < 4.78 is 0. The second-order valence-corrected chi connectivity index (χ2v) is 8.71. The maximum Gasteiger partial charge on any atom is 0.322 e. The lowest BCUT2D eigenvalue weighted by molar-refractivity contribution is -0.128. The maximum absolute atomic E-state index is 13.0. The van der Waals surface area contributed by atoms with E-state index in [4.69, 9.17) is 0 Å². The lowest BCUT2D eigenvalue weighted by Crippen LogP contribution is -2.50. The Labute approximate surface area is 181 Å². The van der Waals surface area contributed by atoms with Crippen molar-refractivity contribution in [3.63, 3.8) is 0 Å². The number of hydrogen-bond acceptors (Lipinski definition) is 4. The van der Waals surface area contributed by atoms with Crippen molar-refractivity contribution in [1.29, 1.82) is 0 Å². The predicted octanol–water partition coefficient (Wildman–Crippen LogP) is 2.96. The fourth-order valence-electron chi connectivity index (χ4n) is 5.04. The van der Waals surface area contributed by atoms with Gasteiger partial charge in [-0.05, 0) is 55.4 Å². The number of imide groups is 1. The molecule has 160 valence electrons. The number of anilines is 2. The topological polar surface area (TPSA) is 90.5 Å². The van der Waals surface area contributed by atoms with Gasteiger partial charge in [-0.25, -0.2) is 4.79 Å².